The van der Waals surface area contributed by atoms with Crippen LogP contribution in [0.4, 0.5) is 5.69 Å². The van der Waals surface area contributed by atoms with Gasteiger partial charge in [0.2, 0.25) is 5.91 Å². The topological polar surface area (TPSA) is 76.4 Å². The minimum atomic E-state index is -0.672. The molecule has 0 aliphatic carbocycles. The van der Waals surface area contributed by atoms with Crippen LogP contribution in [0.1, 0.15) is 23.1 Å². The Kier molecular flexibility index (Phi) is 4.58. The maximum atomic E-state index is 11.5. The molecule has 140 valence electrons. The lowest BCUT2D eigenvalue weighted by atomic mass is 10.0. The highest BCUT2D eigenvalue weighted by Crippen LogP contribution is 2.27. The van der Waals surface area contributed by atoms with E-state index in [1.807, 2.05) is 22.8 Å². The van der Waals surface area contributed by atoms with Crippen LogP contribution in [0.25, 0.3) is 11.0 Å². The summed E-state index contributed by atoms with van der Waals surface area (Å²) in [6.45, 7) is 4.70. The van der Waals surface area contributed by atoms with Crippen molar-refractivity contribution in [1.82, 2.24) is 9.55 Å². The molecule has 0 fully saturated rings. The van der Waals surface area contributed by atoms with Gasteiger partial charge in [0.1, 0.15) is 18.5 Å². The predicted molar refractivity (Wildman–Crippen MR) is 104 cm³/mol. The van der Waals surface area contributed by atoms with Gasteiger partial charge in [0, 0.05) is 18.2 Å². The number of aryl methyl sites for hydroxylation is 3. The zero-order valence-electron chi connectivity index (χ0n) is 15.5. The van der Waals surface area contributed by atoms with Crippen molar-refractivity contribution in [3.63, 3.8) is 0 Å². The zero-order valence-corrected chi connectivity index (χ0v) is 15.5. The smallest absolute Gasteiger partial charge is 0.224 e. The molecule has 1 unspecified atom stereocenters. The molecule has 0 bridgehead atoms. The molecule has 6 nitrogen and oxygen atoms in total. The number of ether oxygens (including phenoxy) is 1. The van der Waals surface area contributed by atoms with E-state index >= 15 is 0 Å². The van der Waals surface area contributed by atoms with Crippen molar-refractivity contribution in [3.05, 3.63) is 53.3 Å². The number of aromatic nitrogens is 2. The Labute approximate surface area is 157 Å². The van der Waals surface area contributed by atoms with E-state index < -0.39 is 6.10 Å². The van der Waals surface area contributed by atoms with Crippen molar-refractivity contribution in [2.45, 2.75) is 39.3 Å². The molecule has 1 aromatic heterocycles. The van der Waals surface area contributed by atoms with Crippen LogP contribution in [0.2, 0.25) is 0 Å². The lowest BCUT2D eigenvalue weighted by Gasteiger charge is -2.19. The van der Waals surface area contributed by atoms with Gasteiger partial charge in [-0.15, -0.1) is 0 Å². The number of benzene rings is 2. The number of carbonyl (C=O) groups is 1. The average molecular weight is 365 g/mol. The van der Waals surface area contributed by atoms with E-state index in [0.29, 0.717) is 18.7 Å². The largest absolute Gasteiger partial charge is 0.491 e. The molecule has 2 aromatic carbocycles. The summed E-state index contributed by atoms with van der Waals surface area (Å²) >= 11 is 0. The molecule has 2 heterocycles. The summed E-state index contributed by atoms with van der Waals surface area (Å²) in [5, 5.41) is 13.3. The molecule has 1 aliphatic rings. The first-order chi connectivity index (χ1) is 13.0. The third-order valence-corrected chi connectivity index (χ3v) is 5.06. The summed E-state index contributed by atoms with van der Waals surface area (Å²) in [7, 11) is 0. The van der Waals surface area contributed by atoms with Crippen LogP contribution in [-0.2, 0) is 17.8 Å². The first-order valence-corrected chi connectivity index (χ1v) is 9.15. The molecule has 0 radical (unpaired) electrons. The number of hydrogen-bond donors (Lipinski definition) is 2. The fourth-order valence-electron chi connectivity index (χ4n) is 3.37. The standard InChI is InChI=1S/C21H23N3O3/c1-13-7-19-20(8-14(13)2)24(12-22-19)10-16(25)11-27-17-5-3-15-4-6-21(26)23-18(15)9-17/h3,5,7-9,12,16,25H,4,6,10-11H2,1-2H3,(H,23,26). The first-order valence-electron chi connectivity index (χ1n) is 9.15. The molecule has 0 spiro atoms. The molecule has 4 rings (SSSR count). The number of amides is 1. The number of nitrogens with one attached hydrogen (secondary N) is 1. The van der Waals surface area contributed by atoms with Crippen molar-refractivity contribution >= 4 is 22.6 Å². The van der Waals surface area contributed by atoms with Gasteiger partial charge in [-0.25, -0.2) is 4.98 Å². The SMILES string of the molecule is Cc1cc2ncn(CC(O)COc3ccc4c(c3)NC(=O)CC4)c2cc1C. The van der Waals surface area contributed by atoms with E-state index in [1.54, 1.807) is 6.33 Å². The molecule has 27 heavy (non-hydrogen) atoms. The van der Waals surface area contributed by atoms with Gasteiger partial charge in [-0.3, -0.25) is 4.79 Å². The normalized spacial score (nSPS) is 14.7. The van der Waals surface area contributed by atoms with Gasteiger partial charge in [-0.2, -0.15) is 0 Å². The Morgan fingerprint density at radius 2 is 2.04 bits per heavy atom. The van der Waals surface area contributed by atoms with Crippen LogP contribution in [0.3, 0.4) is 0 Å². The van der Waals surface area contributed by atoms with Crippen molar-refractivity contribution < 1.29 is 14.6 Å². The van der Waals surface area contributed by atoms with Crippen LogP contribution in [0, 0.1) is 13.8 Å². The molecule has 6 heteroatoms. The molecule has 1 aliphatic heterocycles. The molecule has 2 N–H and O–H groups in total. The molecule has 1 atom stereocenters. The Balaban J connectivity index is 1.42. The monoisotopic (exact) mass is 365 g/mol. The van der Waals surface area contributed by atoms with Crippen LogP contribution < -0.4 is 10.1 Å². The van der Waals surface area contributed by atoms with Crippen LogP contribution in [0.5, 0.6) is 5.75 Å². The Morgan fingerprint density at radius 1 is 1.22 bits per heavy atom. The zero-order chi connectivity index (χ0) is 19.0. The molecular formula is C21H23N3O3. The Morgan fingerprint density at radius 3 is 2.89 bits per heavy atom. The highest BCUT2D eigenvalue weighted by atomic mass is 16.5. The van der Waals surface area contributed by atoms with Crippen molar-refractivity contribution in [2.75, 3.05) is 11.9 Å². The summed E-state index contributed by atoms with van der Waals surface area (Å²) in [5.74, 6) is 0.661. The number of nitrogens with zero attached hydrogens (tertiary/aromatic N) is 2. The first kappa shape index (κ1) is 17.5. The second-order valence-electron chi connectivity index (χ2n) is 7.15. The number of aliphatic hydroxyl groups is 1. The molecule has 0 saturated carbocycles. The molecule has 0 saturated heterocycles. The van der Waals surface area contributed by atoms with Crippen LogP contribution in [0.15, 0.2) is 36.7 Å². The number of anilines is 1. The lowest BCUT2D eigenvalue weighted by Crippen LogP contribution is -2.23. The number of fused-ring (bicyclic) bond motifs is 2. The lowest BCUT2D eigenvalue weighted by molar-refractivity contribution is -0.116. The highest BCUT2D eigenvalue weighted by Gasteiger charge is 2.16. The summed E-state index contributed by atoms with van der Waals surface area (Å²) < 4.78 is 7.69. The summed E-state index contributed by atoms with van der Waals surface area (Å²) in [5.41, 5.74) is 6.25. The van der Waals surface area contributed by atoms with Crippen molar-refractivity contribution in [2.24, 2.45) is 0 Å². The van der Waals surface area contributed by atoms with Gasteiger partial charge in [-0.1, -0.05) is 6.07 Å². The molecular weight excluding hydrogens is 342 g/mol. The minimum absolute atomic E-state index is 0.0252. The van der Waals surface area contributed by atoms with E-state index in [-0.39, 0.29) is 12.5 Å². The number of rotatable bonds is 5. The number of aliphatic hydroxyl groups excluding tert-OH is 1. The third-order valence-electron chi connectivity index (χ3n) is 5.06. The fraction of sp³-hybridized carbons (Fsp3) is 0.333. The maximum absolute atomic E-state index is 11.5. The van der Waals surface area contributed by atoms with Gasteiger partial charge in [0.05, 0.1) is 23.9 Å². The van der Waals surface area contributed by atoms with Crippen LogP contribution >= 0.6 is 0 Å². The van der Waals surface area contributed by atoms with Crippen molar-refractivity contribution in [1.29, 1.82) is 0 Å². The van der Waals surface area contributed by atoms with Crippen LogP contribution in [-0.4, -0.2) is 33.3 Å². The van der Waals surface area contributed by atoms with E-state index in [2.05, 4.69) is 36.3 Å². The van der Waals surface area contributed by atoms with Crippen molar-refractivity contribution in [3.8, 4) is 5.75 Å². The van der Waals surface area contributed by atoms with Gasteiger partial charge < -0.3 is 19.7 Å². The van der Waals surface area contributed by atoms with E-state index in [9.17, 15) is 9.90 Å². The van der Waals surface area contributed by atoms with Gasteiger partial charge in [0.15, 0.2) is 0 Å². The predicted octanol–water partition coefficient (Wildman–Crippen LogP) is 2.98. The fourth-order valence-corrected chi connectivity index (χ4v) is 3.37. The molecule has 3 aromatic rings. The number of imidazole rings is 1. The van der Waals surface area contributed by atoms with Gasteiger partial charge in [-0.05, 0) is 55.2 Å². The summed E-state index contributed by atoms with van der Waals surface area (Å²) in [4.78, 5) is 16.0. The third kappa shape index (κ3) is 3.66. The highest BCUT2D eigenvalue weighted by molar-refractivity contribution is 5.94. The van der Waals surface area contributed by atoms with Gasteiger partial charge >= 0.3 is 0 Å². The number of hydrogen-bond acceptors (Lipinski definition) is 4. The van der Waals surface area contributed by atoms with E-state index in [1.165, 1.54) is 11.1 Å². The number of carbonyl (C=O) groups excluding carboxylic acids is 1. The minimum Gasteiger partial charge on any atom is -0.491 e. The average Bonchev–Trinajstić information content (AvgIpc) is 3.01. The second kappa shape index (κ2) is 7.04. The Hall–Kier alpha value is -2.86. The van der Waals surface area contributed by atoms with E-state index in [0.717, 1.165) is 28.7 Å². The quantitative estimate of drug-likeness (QED) is 0.729. The summed E-state index contributed by atoms with van der Waals surface area (Å²) in [6, 6.07) is 9.81. The van der Waals surface area contributed by atoms with Gasteiger partial charge in [0.25, 0.3) is 0 Å². The summed E-state index contributed by atoms with van der Waals surface area (Å²) in [6.07, 6.45) is 2.34. The van der Waals surface area contributed by atoms with E-state index in [4.69, 9.17) is 4.74 Å². The maximum Gasteiger partial charge on any atom is 0.224 e. The molecule has 1 amide bonds. The Bertz CT molecular complexity index is 1010. The second-order valence-corrected chi connectivity index (χ2v) is 7.15.